The first-order valence-corrected chi connectivity index (χ1v) is 8.07. The zero-order valence-corrected chi connectivity index (χ0v) is 14.6. The van der Waals surface area contributed by atoms with E-state index in [4.69, 9.17) is 4.74 Å². The van der Waals surface area contributed by atoms with Gasteiger partial charge in [-0.2, -0.15) is 0 Å². The molecule has 0 aliphatic carbocycles. The van der Waals surface area contributed by atoms with Gasteiger partial charge in [0.2, 0.25) is 0 Å². The van der Waals surface area contributed by atoms with Gasteiger partial charge in [-0.05, 0) is 31.0 Å². The Morgan fingerprint density at radius 1 is 1.24 bits per heavy atom. The Bertz CT molecular complexity index is 755. The summed E-state index contributed by atoms with van der Waals surface area (Å²) in [4.78, 5) is 22.9. The Morgan fingerprint density at radius 2 is 1.92 bits per heavy atom. The third kappa shape index (κ3) is 4.03. The second kappa shape index (κ2) is 7.90. The molecular weight excluding hydrogens is 320 g/mol. The van der Waals surface area contributed by atoms with Gasteiger partial charge in [-0.25, -0.2) is 0 Å². The summed E-state index contributed by atoms with van der Waals surface area (Å²) >= 11 is 0. The molecule has 2 aromatic carbocycles. The maximum absolute atomic E-state index is 12.5. The molecule has 2 rings (SSSR count). The van der Waals surface area contributed by atoms with Crippen molar-refractivity contribution >= 4 is 11.6 Å². The van der Waals surface area contributed by atoms with E-state index in [9.17, 15) is 14.9 Å². The van der Waals surface area contributed by atoms with Gasteiger partial charge in [-0.15, -0.1) is 0 Å². The fourth-order valence-electron chi connectivity index (χ4n) is 2.83. The van der Waals surface area contributed by atoms with Crippen molar-refractivity contribution in [3.8, 4) is 0 Å². The van der Waals surface area contributed by atoms with Crippen molar-refractivity contribution in [1.82, 2.24) is 5.32 Å². The van der Waals surface area contributed by atoms with Crippen LogP contribution in [0.4, 0.5) is 5.69 Å². The fourth-order valence-corrected chi connectivity index (χ4v) is 2.83. The number of rotatable bonds is 7. The van der Waals surface area contributed by atoms with Crippen LogP contribution < -0.4 is 5.32 Å². The Morgan fingerprint density at radius 3 is 2.44 bits per heavy atom. The predicted molar refractivity (Wildman–Crippen MR) is 95.6 cm³/mol. The van der Waals surface area contributed by atoms with Crippen LogP contribution in [0, 0.1) is 17.0 Å². The third-order valence-corrected chi connectivity index (χ3v) is 4.45. The zero-order chi connectivity index (χ0) is 18.4. The summed E-state index contributed by atoms with van der Waals surface area (Å²) in [5.74, 6) is -0.288. The highest BCUT2D eigenvalue weighted by molar-refractivity contribution is 5.94. The predicted octanol–water partition coefficient (Wildman–Crippen LogP) is 3.58. The van der Waals surface area contributed by atoms with Gasteiger partial charge in [0.05, 0.1) is 11.5 Å². The van der Waals surface area contributed by atoms with Gasteiger partial charge in [0, 0.05) is 24.3 Å². The number of carbonyl (C=O) groups is 1. The monoisotopic (exact) mass is 342 g/mol. The molecule has 0 spiro atoms. The van der Waals surface area contributed by atoms with Crippen molar-refractivity contribution in [2.24, 2.45) is 0 Å². The second-order valence-electron chi connectivity index (χ2n) is 5.86. The van der Waals surface area contributed by atoms with Crippen molar-refractivity contribution in [3.05, 3.63) is 75.3 Å². The number of hydrogen-bond donors (Lipinski definition) is 1. The number of nitrogens with zero attached hydrogens (tertiary/aromatic N) is 1. The van der Waals surface area contributed by atoms with Gasteiger partial charge in [0.1, 0.15) is 5.60 Å². The Hall–Kier alpha value is -2.73. The van der Waals surface area contributed by atoms with Crippen LogP contribution in [0.5, 0.6) is 0 Å². The number of nitro groups is 1. The number of amides is 1. The molecule has 1 unspecified atom stereocenters. The molecule has 0 aliphatic heterocycles. The SMILES string of the molecule is CCC(CNC(=O)c1ccc([N+](=O)[O-])c(C)c1)(OC)c1ccccc1. The number of benzene rings is 2. The van der Waals surface area contributed by atoms with E-state index in [2.05, 4.69) is 5.32 Å². The maximum Gasteiger partial charge on any atom is 0.272 e. The molecule has 1 N–H and O–H groups in total. The molecule has 0 aromatic heterocycles. The first-order valence-electron chi connectivity index (χ1n) is 8.07. The first-order chi connectivity index (χ1) is 11.9. The summed E-state index contributed by atoms with van der Waals surface area (Å²) < 4.78 is 5.73. The van der Waals surface area contributed by atoms with E-state index in [-0.39, 0.29) is 11.6 Å². The molecule has 0 saturated carbocycles. The van der Waals surface area contributed by atoms with Crippen LogP contribution in [-0.2, 0) is 10.3 Å². The van der Waals surface area contributed by atoms with Gasteiger partial charge < -0.3 is 10.1 Å². The van der Waals surface area contributed by atoms with E-state index in [0.717, 1.165) is 5.56 Å². The van der Waals surface area contributed by atoms with Crippen LogP contribution in [0.2, 0.25) is 0 Å². The fraction of sp³-hybridized carbons (Fsp3) is 0.316. The lowest BCUT2D eigenvalue weighted by Gasteiger charge is -2.32. The van der Waals surface area contributed by atoms with Gasteiger partial charge in [0.25, 0.3) is 11.6 Å². The van der Waals surface area contributed by atoms with Crippen molar-refractivity contribution in [3.63, 3.8) is 0 Å². The molecule has 6 nitrogen and oxygen atoms in total. The minimum atomic E-state index is -0.618. The van der Waals surface area contributed by atoms with Crippen molar-refractivity contribution in [2.75, 3.05) is 13.7 Å². The van der Waals surface area contributed by atoms with Gasteiger partial charge in [0.15, 0.2) is 0 Å². The second-order valence-corrected chi connectivity index (χ2v) is 5.86. The number of nitro benzene ring substituents is 1. The number of aryl methyl sites for hydroxylation is 1. The van der Waals surface area contributed by atoms with Crippen LogP contribution in [-0.4, -0.2) is 24.5 Å². The first kappa shape index (κ1) is 18.6. The molecule has 0 fully saturated rings. The molecule has 25 heavy (non-hydrogen) atoms. The molecular formula is C19H22N2O4. The molecule has 1 atom stereocenters. The van der Waals surface area contributed by atoms with E-state index >= 15 is 0 Å². The lowest BCUT2D eigenvalue weighted by atomic mass is 9.90. The van der Waals surface area contributed by atoms with E-state index in [1.807, 2.05) is 37.3 Å². The number of ether oxygens (including phenoxy) is 1. The molecule has 0 radical (unpaired) electrons. The highest BCUT2D eigenvalue weighted by Crippen LogP contribution is 2.28. The van der Waals surface area contributed by atoms with Crippen molar-refractivity contribution in [1.29, 1.82) is 0 Å². The summed E-state index contributed by atoms with van der Waals surface area (Å²) in [6, 6.07) is 14.1. The van der Waals surface area contributed by atoms with Crippen LogP contribution in [0.3, 0.4) is 0 Å². The average molecular weight is 342 g/mol. The molecule has 2 aromatic rings. The summed E-state index contributed by atoms with van der Waals surface area (Å²) in [6.07, 6.45) is 0.688. The lowest BCUT2D eigenvalue weighted by Crippen LogP contribution is -2.42. The minimum Gasteiger partial charge on any atom is -0.372 e. The van der Waals surface area contributed by atoms with Crippen molar-refractivity contribution < 1.29 is 14.5 Å². The van der Waals surface area contributed by atoms with Crippen LogP contribution >= 0.6 is 0 Å². The quantitative estimate of drug-likeness (QED) is 0.616. The summed E-state index contributed by atoms with van der Waals surface area (Å²) in [7, 11) is 1.62. The highest BCUT2D eigenvalue weighted by atomic mass is 16.6. The lowest BCUT2D eigenvalue weighted by molar-refractivity contribution is -0.385. The molecule has 1 amide bonds. The van der Waals surface area contributed by atoms with Gasteiger partial charge in [-0.3, -0.25) is 14.9 Å². The van der Waals surface area contributed by atoms with Crippen LogP contribution in [0.25, 0.3) is 0 Å². The van der Waals surface area contributed by atoms with E-state index in [1.165, 1.54) is 18.2 Å². The average Bonchev–Trinajstić information content (AvgIpc) is 2.63. The van der Waals surface area contributed by atoms with Crippen LogP contribution in [0.15, 0.2) is 48.5 Å². The molecule has 6 heteroatoms. The number of nitrogens with one attached hydrogen (secondary N) is 1. The van der Waals surface area contributed by atoms with E-state index < -0.39 is 10.5 Å². The summed E-state index contributed by atoms with van der Waals surface area (Å²) in [6.45, 7) is 3.92. The van der Waals surface area contributed by atoms with E-state index in [0.29, 0.717) is 24.1 Å². The Kier molecular flexibility index (Phi) is 5.88. The molecule has 0 bridgehead atoms. The maximum atomic E-state index is 12.5. The third-order valence-electron chi connectivity index (χ3n) is 4.45. The summed E-state index contributed by atoms with van der Waals surface area (Å²) in [5, 5.41) is 13.8. The number of hydrogen-bond acceptors (Lipinski definition) is 4. The van der Waals surface area contributed by atoms with Crippen LogP contribution in [0.1, 0.15) is 34.8 Å². The normalized spacial score (nSPS) is 13.1. The molecule has 0 aliphatic rings. The summed E-state index contributed by atoms with van der Waals surface area (Å²) in [5.41, 5.74) is 1.21. The van der Waals surface area contributed by atoms with Gasteiger partial charge >= 0.3 is 0 Å². The zero-order valence-electron chi connectivity index (χ0n) is 14.6. The molecule has 0 heterocycles. The molecule has 132 valence electrons. The number of methoxy groups -OCH3 is 1. The molecule has 0 saturated heterocycles. The van der Waals surface area contributed by atoms with Crippen molar-refractivity contribution in [2.45, 2.75) is 25.9 Å². The standard InChI is InChI=1S/C19H22N2O4/c1-4-19(25-3,16-8-6-5-7-9-16)13-20-18(22)15-10-11-17(21(23)24)14(2)12-15/h5-12H,4,13H2,1-3H3,(H,20,22). The number of carbonyl (C=O) groups excluding carboxylic acids is 1. The Labute approximate surface area is 147 Å². The topological polar surface area (TPSA) is 81.5 Å². The minimum absolute atomic E-state index is 0.000585. The highest BCUT2D eigenvalue weighted by Gasteiger charge is 2.30. The van der Waals surface area contributed by atoms with E-state index in [1.54, 1.807) is 14.0 Å². The smallest absolute Gasteiger partial charge is 0.272 e. The Balaban J connectivity index is 2.17. The van der Waals surface area contributed by atoms with Gasteiger partial charge in [-0.1, -0.05) is 37.3 Å². The largest absolute Gasteiger partial charge is 0.372 e.